The number of aldehydes is 1. The van der Waals surface area contributed by atoms with E-state index in [1.165, 1.54) is 18.2 Å². The molecule has 0 spiro atoms. The fourth-order valence-corrected chi connectivity index (χ4v) is 1.68. The minimum atomic E-state index is -0.680. The molecule has 21 heavy (non-hydrogen) atoms. The van der Waals surface area contributed by atoms with Crippen molar-refractivity contribution in [3.05, 3.63) is 39.9 Å². The first-order valence-corrected chi connectivity index (χ1v) is 6.40. The molecule has 1 rings (SSSR count). The molecule has 7 heteroatoms. The summed E-state index contributed by atoms with van der Waals surface area (Å²) in [6.45, 7) is 5.15. The van der Waals surface area contributed by atoms with Crippen LogP contribution in [0.4, 0.5) is 10.5 Å². The first-order valence-electron chi connectivity index (χ1n) is 6.40. The summed E-state index contributed by atoms with van der Waals surface area (Å²) in [5, 5.41) is 13.3. The SMILES string of the molecule is CC(C)(C)OC(=O)N[C@H](CC=O)c1cccc([N+](=O)[O-])c1. The average Bonchev–Trinajstić information content (AvgIpc) is 2.36. The highest BCUT2D eigenvalue weighted by Gasteiger charge is 2.21. The molecule has 0 heterocycles. The lowest BCUT2D eigenvalue weighted by molar-refractivity contribution is -0.384. The van der Waals surface area contributed by atoms with E-state index in [0.29, 0.717) is 11.8 Å². The fourth-order valence-electron chi connectivity index (χ4n) is 1.68. The lowest BCUT2D eigenvalue weighted by atomic mass is 10.0. The normalized spacial score (nSPS) is 12.3. The highest BCUT2D eigenvalue weighted by molar-refractivity contribution is 5.69. The molecular formula is C14H18N2O5. The number of non-ortho nitro benzene ring substituents is 1. The number of benzene rings is 1. The van der Waals surface area contributed by atoms with Gasteiger partial charge in [0.1, 0.15) is 11.9 Å². The van der Waals surface area contributed by atoms with E-state index >= 15 is 0 Å². The van der Waals surface area contributed by atoms with Crippen LogP contribution in [-0.4, -0.2) is 22.9 Å². The standard InChI is InChI=1S/C14H18N2O5/c1-14(2,3)21-13(18)15-12(7-8-17)10-5-4-6-11(9-10)16(19)20/h4-6,8-9,12H,7H2,1-3H3,(H,15,18)/t12-/m1/s1. The summed E-state index contributed by atoms with van der Waals surface area (Å²) in [6, 6.07) is 5.11. The van der Waals surface area contributed by atoms with Crippen LogP contribution in [0.15, 0.2) is 24.3 Å². The van der Waals surface area contributed by atoms with Crippen molar-refractivity contribution in [3.63, 3.8) is 0 Å². The van der Waals surface area contributed by atoms with Gasteiger partial charge in [0, 0.05) is 18.6 Å². The van der Waals surface area contributed by atoms with Crippen LogP contribution in [0.5, 0.6) is 0 Å². The van der Waals surface area contributed by atoms with Gasteiger partial charge in [0.15, 0.2) is 0 Å². The van der Waals surface area contributed by atoms with Crippen LogP contribution in [0.25, 0.3) is 0 Å². The van der Waals surface area contributed by atoms with Gasteiger partial charge in [-0.05, 0) is 26.3 Å². The highest BCUT2D eigenvalue weighted by Crippen LogP contribution is 2.21. The van der Waals surface area contributed by atoms with Crippen molar-refractivity contribution < 1.29 is 19.2 Å². The molecule has 1 aromatic carbocycles. The van der Waals surface area contributed by atoms with Crippen LogP contribution < -0.4 is 5.32 Å². The predicted octanol–water partition coefficient (Wildman–Crippen LogP) is 2.75. The van der Waals surface area contributed by atoms with Gasteiger partial charge >= 0.3 is 6.09 Å². The Hall–Kier alpha value is -2.44. The first-order chi connectivity index (χ1) is 9.73. The molecule has 0 aliphatic rings. The third-order valence-corrected chi connectivity index (χ3v) is 2.51. The lowest BCUT2D eigenvalue weighted by Crippen LogP contribution is -2.35. The summed E-state index contributed by atoms with van der Waals surface area (Å²) in [6.07, 6.45) is -0.0396. The number of nitro groups is 1. The summed E-state index contributed by atoms with van der Waals surface area (Å²) in [7, 11) is 0. The number of ether oxygens (including phenoxy) is 1. The summed E-state index contributed by atoms with van der Waals surface area (Å²) < 4.78 is 5.11. The van der Waals surface area contributed by atoms with E-state index in [1.807, 2.05) is 0 Å². The van der Waals surface area contributed by atoms with Crippen molar-refractivity contribution in [2.24, 2.45) is 0 Å². The molecule has 0 unspecified atom stereocenters. The smallest absolute Gasteiger partial charge is 0.408 e. The van der Waals surface area contributed by atoms with Crippen LogP contribution in [0.3, 0.4) is 0 Å². The lowest BCUT2D eigenvalue weighted by Gasteiger charge is -2.23. The summed E-state index contributed by atoms with van der Waals surface area (Å²) in [5.41, 5.74) is -0.296. The number of hydrogen-bond acceptors (Lipinski definition) is 5. The van der Waals surface area contributed by atoms with Gasteiger partial charge in [0.25, 0.3) is 5.69 Å². The topological polar surface area (TPSA) is 98.5 Å². The summed E-state index contributed by atoms with van der Waals surface area (Å²) in [4.78, 5) is 32.7. The first kappa shape index (κ1) is 16.6. The second-order valence-electron chi connectivity index (χ2n) is 5.45. The fraction of sp³-hybridized carbons (Fsp3) is 0.429. The molecule has 0 aliphatic heterocycles. The maximum absolute atomic E-state index is 11.8. The molecule has 0 aliphatic carbocycles. The van der Waals surface area contributed by atoms with E-state index < -0.39 is 22.7 Å². The molecule has 0 bridgehead atoms. The van der Waals surface area contributed by atoms with E-state index in [0.717, 1.165) is 0 Å². The third-order valence-electron chi connectivity index (χ3n) is 2.51. The average molecular weight is 294 g/mol. The number of carbonyl (C=O) groups excluding carboxylic acids is 2. The van der Waals surface area contributed by atoms with Crippen molar-refractivity contribution in [2.45, 2.75) is 38.8 Å². The summed E-state index contributed by atoms with van der Waals surface area (Å²) >= 11 is 0. The van der Waals surface area contributed by atoms with E-state index in [-0.39, 0.29) is 12.1 Å². The number of nitrogens with zero attached hydrogens (tertiary/aromatic N) is 1. The minimum absolute atomic E-state index is 0.000407. The van der Waals surface area contributed by atoms with Gasteiger partial charge in [-0.1, -0.05) is 12.1 Å². The molecular weight excluding hydrogens is 276 g/mol. The number of nitro benzene ring substituents is 1. The third kappa shape index (κ3) is 5.60. The molecule has 1 N–H and O–H groups in total. The molecule has 114 valence electrons. The Bertz CT molecular complexity index is 536. The Balaban J connectivity index is 2.91. The van der Waals surface area contributed by atoms with Gasteiger partial charge in [0.05, 0.1) is 11.0 Å². The number of rotatable bonds is 5. The van der Waals surface area contributed by atoms with E-state index in [2.05, 4.69) is 5.32 Å². The van der Waals surface area contributed by atoms with Crippen LogP contribution in [-0.2, 0) is 9.53 Å². The molecule has 0 saturated carbocycles. The zero-order chi connectivity index (χ0) is 16.0. The van der Waals surface area contributed by atoms with Gasteiger partial charge in [-0.3, -0.25) is 10.1 Å². The zero-order valence-electron chi connectivity index (χ0n) is 12.2. The Morgan fingerprint density at radius 2 is 2.14 bits per heavy atom. The Labute approximate surface area is 122 Å². The zero-order valence-corrected chi connectivity index (χ0v) is 12.2. The van der Waals surface area contributed by atoms with Gasteiger partial charge in [-0.2, -0.15) is 0 Å². The molecule has 0 saturated heterocycles. The largest absolute Gasteiger partial charge is 0.444 e. The number of hydrogen-bond donors (Lipinski definition) is 1. The highest BCUT2D eigenvalue weighted by atomic mass is 16.6. The number of alkyl carbamates (subject to hydrolysis) is 1. The van der Waals surface area contributed by atoms with Gasteiger partial charge in [-0.15, -0.1) is 0 Å². The van der Waals surface area contributed by atoms with Gasteiger partial charge < -0.3 is 14.8 Å². The van der Waals surface area contributed by atoms with Crippen molar-refractivity contribution in [2.75, 3.05) is 0 Å². The summed E-state index contributed by atoms with van der Waals surface area (Å²) in [5.74, 6) is 0. The monoisotopic (exact) mass is 294 g/mol. The van der Waals surface area contributed by atoms with Crippen molar-refractivity contribution >= 4 is 18.1 Å². The van der Waals surface area contributed by atoms with Crippen molar-refractivity contribution in [1.29, 1.82) is 0 Å². The molecule has 7 nitrogen and oxygen atoms in total. The Morgan fingerprint density at radius 1 is 1.48 bits per heavy atom. The van der Waals surface area contributed by atoms with Gasteiger partial charge in [-0.25, -0.2) is 4.79 Å². The van der Waals surface area contributed by atoms with E-state index in [9.17, 15) is 19.7 Å². The van der Waals surface area contributed by atoms with Crippen LogP contribution in [0.2, 0.25) is 0 Å². The van der Waals surface area contributed by atoms with E-state index in [1.54, 1.807) is 26.8 Å². The van der Waals surface area contributed by atoms with Crippen molar-refractivity contribution in [1.82, 2.24) is 5.32 Å². The van der Waals surface area contributed by atoms with Crippen LogP contribution in [0, 0.1) is 10.1 Å². The maximum Gasteiger partial charge on any atom is 0.408 e. The van der Waals surface area contributed by atoms with Crippen LogP contribution in [0.1, 0.15) is 38.8 Å². The Morgan fingerprint density at radius 3 is 2.67 bits per heavy atom. The van der Waals surface area contributed by atoms with Gasteiger partial charge in [0.2, 0.25) is 0 Å². The minimum Gasteiger partial charge on any atom is -0.444 e. The van der Waals surface area contributed by atoms with Crippen molar-refractivity contribution in [3.8, 4) is 0 Å². The molecule has 0 radical (unpaired) electrons. The molecule has 0 fully saturated rings. The molecule has 0 aromatic heterocycles. The van der Waals surface area contributed by atoms with E-state index in [4.69, 9.17) is 4.74 Å². The van der Waals surface area contributed by atoms with Crippen LogP contribution >= 0.6 is 0 Å². The Kier molecular flexibility index (Phi) is 5.40. The second-order valence-corrected chi connectivity index (χ2v) is 5.45. The number of amides is 1. The second kappa shape index (κ2) is 6.83. The molecule has 1 aromatic rings. The molecule has 1 amide bonds. The number of nitrogens with one attached hydrogen (secondary N) is 1. The quantitative estimate of drug-likeness (QED) is 0.511. The maximum atomic E-state index is 11.8. The number of carbonyl (C=O) groups is 2. The molecule has 1 atom stereocenters. The predicted molar refractivity (Wildman–Crippen MR) is 75.9 cm³/mol.